The molecule has 0 spiro atoms. The fourth-order valence-corrected chi connectivity index (χ4v) is 2.22. The summed E-state index contributed by atoms with van der Waals surface area (Å²) in [5.74, 6) is -1.80. The smallest absolute Gasteiger partial charge is 0.326 e. The van der Waals surface area contributed by atoms with E-state index < -0.39 is 17.9 Å². The second-order valence-electron chi connectivity index (χ2n) is 4.84. The van der Waals surface area contributed by atoms with Crippen LogP contribution in [-0.2, 0) is 4.79 Å². The van der Waals surface area contributed by atoms with Gasteiger partial charge in [-0.2, -0.15) is 0 Å². The summed E-state index contributed by atoms with van der Waals surface area (Å²) in [5.41, 5.74) is 0.0797. The average Bonchev–Trinajstić information content (AvgIpc) is 2.47. The lowest BCUT2D eigenvalue weighted by atomic mass is 10.0. The molecule has 0 aliphatic heterocycles. The van der Waals surface area contributed by atoms with Gasteiger partial charge in [-0.25, -0.2) is 4.79 Å². The number of phenols is 1. The van der Waals surface area contributed by atoms with E-state index in [4.69, 9.17) is 5.11 Å². The minimum absolute atomic E-state index is 0.0797. The Labute approximate surface area is 122 Å². The number of fused-ring (bicyclic) bond motifs is 1. The first-order valence-corrected chi connectivity index (χ1v) is 6.79. The number of carboxylic acid groups (broad SMARTS) is 1. The number of aliphatic carboxylic acids is 1. The zero-order valence-corrected chi connectivity index (χ0v) is 11.7. The van der Waals surface area contributed by atoms with Crippen LogP contribution in [0.3, 0.4) is 0 Å². The molecule has 0 fully saturated rings. The second-order valence-corrected chi connectivity index (χ2v) is 4.84. The van der Waals surface area contributed by atoms with Crippen LogP contribution in [-0.4, -0.2) is 28.1 Å². The van der Waals surface area contributed by atoms with Crippen LogP contribution in [0.25, 0.3) is 10.8 Å². The molecule has 0 aliphatic carbocycles. The van der Waals surface area contributed by atoms with Crippen LogP contribution in [0, 0.1) is 0 Å². The maximum absolute atomic E-state index is 12.2. The third-order valence-electron chi connectivity index (χ3n) is 3.33. The predicted octanol–water partition coefficient (Wildman–Crippen LogP) is 2.53. The van der Waals surface area contributed by atoms with Crippen molar-refractivity contribution in [2.45, 2.75) is 25.8 Å². The Morgan fingerprint density at radius 3 is 2.57 bits per heavy atom. The van der Waals surface area contributed by atoms with Gasteiger partial charge >= 0.3 is 5.97 Å². The van der Waals surface area contributed by atoms with Crippen LogP contribution in [0.5, 0.6) is 5.75 Å². The highest BCUT2D eigenvalue weighted by atomic mass is 16.4. The molecule has 2 aromatic rings. The van der Waals surface area contributed by atoms with E-state index >= 15 is 0 Å². The third kappa shape index (κ3) is 3.13. The van der Waals surface area contributed by atoms with Gasteiger partial charge in [0.15, 0.2) is 0 Å². The molecule has 2 rings (SSSR count). The molecule has 0 radical (unpaired) electrons. The first-order chi connectivity index (χ1) is 10.0. The topological polar surface area (TPSA) is 86.6 Å². The van der Waals surface area contributed by atoms with Crippen molar-refractivity contribution in [2.24, 2.45) is 0 Å². The minimum Gasteiger partial charge on any atom is -0.506 e. The maximum Gasteiger partial charge on any atom is 0.326 e. The Bertz CT molecular complexity index is 681. The molecular formula is C16H17NO4. The third-order valence-corrected chi connectivity index (χ3v) is 3.33. The molecule has 0 aromatic heterocycles. The van der Waals surface area contributed by atoms with Crippen molar-refractivity contribution in [3.63, 3.8) is 0 Å². The van der Waals surface area contributed by atoms with E-state index in [9.17, 15) is 14.7 Å². The van der Waals surface area contributed by atoms with Gasteiger partial charge in [0.05, 0.1) is 5.56 Å². The first kappa shape index (κ1) is 14.8. The molecule has 5 nitrogen and oxygen atoms in total. The Morgan fingerprint density at radius 1 is 1.19 bits per heavy atom. The van der Waals surface area contributed by atoms with E-state index in [0.29, 0.717) is 18.2 Å². The zero-order valence-electron chi connectivity index (χ0n) is 11.7. The molecule has 0 saturated heterocycles. The van der Waals surface area contributed by atoms with Gasteiger partial charge in [0.25, 0.3) is 5.91 Å². The van der Waals surface area contributed by atoms with Crippen molar-refractivity contribution in [2.75, 3.05) is 0 Å². The van der Waals surface area contributed by atoms with Gasteiger partial charge in [-0.3, -0.25) is 4.79 Å². The molecule has 0 heterocycles. The van der Waals surface area contributed by atoms with E-state index in [1.807, 2.05) is 19.1 Å². The lowest BCUT2D eigenvalue weighted by Gasteiger charge is -2.14. The summed E-state index contributed by atoms with van der Waals surface area (Å²) < 4.78 is 0. The van der Waals surface area contributed by atoms with Crippen molar-refractivity contribution < 1.29 is 19.8 Å². The first-order valence-electron chi connectivity index (χ1n) is 6.79. The lowest BCUT2D eigenvalue weighted by Crippen LogP contribution is -2.40. The summed E-state index contributed by atoms with van der Waals surface area (Å²) in [4.78, 5) is 23.2. The van der Waals surface area contributed by atoms with Crippen LogP contribution >= 0.6 is 0 Å². The number of carbonyl (C=O) groups is 2. The molecular weight excluding hydrogens is 270 g/mol. The number of nitrogens with one attached hydrogen (secondary N) is 1. The summed E-state index contributed by atoms with van der Waals surface area (Å²) in [6, 6.07) is 9.41. The van der Waals surface area contributed by atoms with Gasteiger partial charge in [-0.1, -0.05) is 43.7 Å². The monoisotopic (exact) mass is 287 g/mol. The molecule has 0 unspecified atom stereocenters. The Balaban J connectivity index is 2.31. The summed E-state index contributed by atoms with van der Waals surface area (Å²) in [5, 5.41) is 23.1. The van der Waals surface area contributed by atoms with E-state index in [-0.39, 0.29) is 11.3 Å². The number of hydrogen-bond acceptors (Lipinski definition) is 3. The number of hydrogen-bond donors (Lipinski definition) is 3. The zero-order chi connectivity index (χ0) is 15.4. The number of carboxylic acids is 1. The largest absolute Gasteiger partial charge is 0.506 e. The van der Waals surface area contributed by atoms with Crippen LogP contribution in [0.15, 0.2) is 36.4 Å². The van der Waals surface area contributed by atoms with E-state index in [1.54, 1.807) is 18.2 Å². The standard InChI is InChI=1S/C16H17NO4/c1-2-5-13(16(20)21)17-15(19)12-9-8-10-6-3-4-7-11(10)14(12)18/h3-4,6-9,13,18H,2,5H2,1H3,(H,17,19)(H,20,21)/t13-/m1/s1. The molecule has 2 aromatic carbocycles. The van der Waals surface area contributed by atoms with E-state index in [0.717, 1.165) is 5.39 Å². The summed E-state index contributed by atoms with van der Waals surface area (Å²) >= 11 is 0. The summed E-state index contributed by atoms with van der Waals surface area (Å²) in [7, 11) is 0. The molecule has 1 amide bonds. The Hall–Kier alpha value is -2.56. The van der Waals surface area contributed by atoms with Crippen molar-refractivity contribution in [3.05, 3.63) is 42.0 Å². The fraction of sp³-hybridized carbons (Fsp3) is 0.250. The molecule has 0 saturated carbocycles. The van der Waals surface area contributed by atoms with Gasteiger partial charge in [-0.15, -0.1) is 0 Å². The minimum atomic E-state index is -1.08. The number of carbonyl (C=O) groups excluding carboxylic acids is 1. The maximum atomic E-state index is 12.2. The lowest BCUT2D eigenvalue weighted by molar-refractivity contribution is -0.139. The second kappa shape index (κ2) is 6.26. The van der Waals surface area contributed by atoms with E-state index in [1.165, 1.54) is 6.07 Å². The van der Waals surface area contributed by atoms with Gasteiger partial charge in [0.2, 0.25) is 0 Å². The number of aromatic hydroxyl groups is 1. The van der Waals surface area contributed by atoms with Crippen molar-refractivity contribution in [3.8, 4) is 5.75 Å². The Morgan fingerprint density at radius 2 is 1.90 bits per heavy atom. The number of rotatable bonds is 5. The van der Waals surface area contributed by atoms with Crippen LogP contribution < -0.4 is 5.32 Å². The van der Waals surface area contributed by atoms with Crippen LogP contribution in [0.2, 0.25) is 0 Å². The van der Waals surface area contributed by atoms with Crippen LogP contribution in [0.4, 0.5) is 0 Å². The van der Waals surface area contributed by atoms with E-state index in [2.05, 4.69) is 5.32 Å². The molecule has 0 aliphatic rings. The Kier molecular flexibility index (Phi) is 4.42. The van der Waals surface area contributed by atoms with Gasteiger partial charge in [0.1, 0.15) is 11.8 Å². The van der Waals surface area contributed by atoms with Crippen molar-refractivity contribution >= 4 is 22.6 Å². The average molecular weight is 287 g/mol. The molecule has 110 valence electrons. The van der Waals surface area contributed by atoms with Crippen molar-refractivity contribution in [1.82, 2.24) is 5.32 Å². The van der Waals surface area contributed by atoms with Crippen LogP contribution in [0.1, 0.15) is 30.1 Å². The fourth-order valence-electron chi connectivity index (χ4n) is 2.22. The molecule has 1 atom stereocenters. The number of phenolic OH excluding ortho intramolecular Hbond substituents is 1. The molecule has 0 bridgehead atoms. The molecule has 21 heavy (non-hydrogen) atoms. The highest BCUT2D eigenvalue weighted by molar-refractivity contribution is 6.04. The summed E-state index contributed by atoms with van der Waals surface area (Å²) in [6.45, 7) is 1.84. The number of amides is 1. The molecule has 3 N–H and O–H groups in total. The number of benzene rings is 2. The van der Waals surface area contributed by atoms with Crippen molar-refractivity contribution in [1.29, 1.82) is 0 Å². The highest BCUT2D eigenvalue weighted by Crippen LogP contribution is 2.28. The SMILES string of the molecule is CCC[C@@H](NC(=O)c1ccc2ccccc2c1O)C(=O)O. The highest BCUT2D eigenvalue weighted by Gasteiger charge is 2.21. The quantitative estimate of drug-likeness (QED) is 0.788. The van der Waals surface area contributed by atoms with Gasteiger partial charge < -0.3 is 15.5 Å². The normalized spacial score (nSPS) is 12.0. The predicted molar refractivity (Wildman–Crippen MR) is 79.4 cm³/mol. The molecule has 5 heteroatoms. The summed E-state index contributed by atoms with van der Waals surface area (Å²) in [6.07, 6.45) is 0.983. The van der Waals surface area contributed by atoms with Gasteiger partial charge in [-0.05, 0) is 17.9 Å². The van der Waals surface area contributed by atoms with Gasteiger partial charge in [0, 0.05) is 5.39 Å².